The molecule has 1 amide bonds. The summed E-state index contributed by atoms with van der Waals surface area (Å²) in [4.78, 5) is 12.4. The molecular formula is C23H31N3O3S2. The Labute approximate surface area is 190 Å². The first-order valence-corrected chi connectivity index (χ1v) is 12.5. The zero-order valence-corrected chi connectivity index (χ0v) is 19.7. The SMILES string of the molecule is CCCCCCCCNC(=O)c1ccc(NC(=S)NS(=O)(=O)c2ccc(C)cc2)cc1. The summed E-state index contributed by atoms with van der Waals surface area (Å²) in [6.07, 6.45) is 7.05. The Morgan fingerprint density at radius 3 is 2.16 bits per heavy atom. The molecule has 168 valence electrons. The monoisotopic (exact) mass is 461 g/mol. The first-order valence-electron chi connectivity index (χ1n) is 10.6. The van der Waals surface area contributed by atoms with Gasteiger partial charge in [-0.3, -0.25) is 9.52 Å². The second kappa shape index (κ2) is 12.4. The first kappa shape index (κ1) is 24.8. The zero-order chi connectivity index (χ0) is 22.7. The van der Waals surface area contributed by atoms with Crippen LogP contribution in [-0.2, 0) is 10.0 Å². The van der Waals surface area contributed by atoms with Crippen LogP contribution in [0, 0.1) is 6.92 Å². The van der Waals surface area contributed by atoms with Gasteiger partial charge >= 0.3 is 0 Å². The van der Waals surface area contributed by atoms with Crippen molar-refractivity contribution in [3.8, 4) is 0 Å². The fourth-order valence-electron chi connectivity index (χ4n) is 2.97. The first-order chi connectivity index (χ1) is 14.8. The number of carbonyl (C=O) groups excluding carboxylic acids is 1. The predicted molar refractivity (Wildman–Crippen MR) is 130 cm³/mol. The van der Waals surface area contributed by atoms with Gasteiger partial charge in [-0.05, 0) is 62.0 Å². The van der Waals surface area contributed by atoms with Gasteiger partial charge in [0.25, 0.3) is 15.9 Å². The molecule has 0 aliphatic rings. The van der Waals surface area contributed by atoms with Crippen LogP contribution in [0.5, 0.6) is 0 Å². The molecule has 0 saturated heterocycles. The molecule has 0 aliphatic heterocycles. The highest BCUT2D eigenvalue weighted by Crippen LogP contribution is 2.12. The molecule has 0 saturated carbocycles. The van der Waals surface area contributed by atoms with Crippen LogP contribution in [-0.4, -0.2) is 26.0 Å². The minimum atomic E-state index is -3.76. The Morgan fingerprint density at radius 2 is 1.52 bits per heavy atom. The van der Waals surface area contributed by atoms with Crippen molar-refractivity contribution in [3.05, 3.63) is 59.7 Å². The van der Waals surface area contributed by atoms with Crippen LogP contribution in [0.2, 0.25) is 0 Å². The molecule has 0 unspecified atom stereocenters. The number of thiocarbonyl (C=S) groups is 1. The van der Waals surface area contributed by atoms with E-state index in [1.54, 1.807) is 36.4 Å². The molecule has 3 N–H and O–H groups in total. The van der Waals surface area contributed by atoms with Crippen molar-refractivity contribution in [2.75, 3.05) is 11.9 Å². The van der Waals surface area contributed by atoms with Crippen LogP contribution in [0.4, 0.5) is 5.69 Å². The lowest BCUT2D eigenvalue weighted by Gasteiger charge is -2.12. The molecule has 8 heteroatoms. The van der Waals surface area contributed by atoms with Crippen LogP contribution >= 0.6 is 12.2 Å². The molecule has 6 nitrogen and oxygen atoms in total. The lowest BCUT2D eigenvalue weighted by atomic mass is 10.1. The third-order valence-corrected chi connectivity index (χ3v) is 6.48. The van der Waals surface area contributed by atoms with E-state index in [4.69, 9.17) is 12.2 Å². The highest BCUT2D eigenvalue weighted by Gasteiger charge is 2.15. The molecule has 0 heterocycles. The van der Waals surface area contributed by atoms with Crippen LogP contribution < -0.4 is 15.4 Å². The Morgan fingerprint density at radius 1 is 0.903 bits per heavy atom. The van der Waals surface area contributed by atoms with Crippen molar-refractivity contribution in [1.29, 1.82) is 0 Å². The molecule has 0 radical (unpaired) electrons. The molecule has 2 rings (SSSR count). The number of amides is 1. The van der Waals surface area contributed by atoms with Crippen molar-refractivity contribution < 1.29 is 13.2 Å². The molecule has 0 spiro atoms. The summed E-state index contributed by atoms with van der Waals surface area (Å²) < 4.78 is 27.1. The average molecular weight is 462 g/mol. The number of rotatable bonds is 11. The quantitative estimate of drug-likeness (QED) is 0.332. The van der Waals surface area contributed by atoms with Crippen molar-refractivity contribution in [3.63, 3.8) is 0 Å². The largest absolute Gasteiger partial charge is 0.352 e. The van der Waals surface area contributed by atoms with Gasteiger partial charge in [0.2, 0.25) is 0 Å². The van der Waals surface area contributed by atoms with E-state index in [1.165, 1.54) is 37.8 Å². The third kappa shape index (κ3) is 8.67. The fourth-order valence-corrected chi connectivity index (χ4v) is 4.32. The van der Waals surface area contributed by atoms with Crippen molar-refractivity contribution >= 4 is 38.9 Å². The van der Waals surface area contributed by atoms with Crippen LogP contribution in [0.25, 0.3) is 0 Å². The Bertz CT molecular complexity index is 957. The highest BCUT2D eigenvalue weighted by molar-refractivity contribution is 7.92. The lowest BCUT2D eigenvalue weighted by molar-refractivity contribution is 0.0953. The fraction of sp³-hybridized carbons (Fsp3) is 0.391. The molecular weight excluding hydrogens is 430 g/mol. The number of carbonyl (C=O) groups is 1. The van der Waals surface area contributed by atoms with Gasteiger partial charge in [0.1, 0.15) is 0 Å². The zero-order valence-electron chi connectivity index (χ0n) is 18.1. The van der Waals surface area contributed by atoms with E-state index in [-0.39, 0.29) is 15.9 Å². The minimum Gasteiger partial charge on any atom is -0.352 e. The van der Waals surface area contributed by atoms with Crippen LogP contribution in [0.3, 0.4) is 0 Å². The molecule has 0 aromatic heterocycles. The number of anilines is 1. The van der Waals surface area contributed by atoms with Gasteiger partial charge in [0.05, 0.1) is 4.90 Å². The number of hydrogen-bond donors (Lipinski definition) is 3. The second-order valence-electron chi connectivity index (χ2n) is 7.47. The lowest BCUT2D eigenvalue weighted by Crippen LogP contribution is -2.34. The standard InChI is InChI=1S/C23H31N3O3S2/c1-3-4-5-6-7-8-17-24-22(27)19-11-13-20(14-12-19)25-23(30)26-31(28,29)21-15-9-18(2)10-16-21/h9-16H,3-8,17H2,1-2H3,(H,24,27)(H2,25,26,30). The van der Waals surface area contributed by atoms with E-state index in [0.29, 0.717) is 17.8 Å². The van der Waals surface area contributed by atoms with Crippen LogP contribution in [0.1, 0.15) is 61.4 Å². The second-order valence-corrected chi connectivity index (χ2v) is 9.56. The Kier molecular flexibility index (Phi) is 9.94. The number of nitrogens with one attached hydrogen (secondary N) is 3. The Hall–Kier alpha value is -2.45. The van der Waals surface area contributed by atoms with Crippen molar-refractivity contribution in [2.45, 2.75) is 57.3 Å². The summed E-state index contributed by atoms with van der Waals surface area (Å²) in [6.45, 7) is 4.74. The Balaban J connectivity index is 1.80. The maximum absolute atomic E-state index is 12.4. The summed E-state index contributed by atoms with van der Waals surface area (Å²) in [6, 6.07) is 13.2. The summed E-state index contributed by atoms with van der Waals surface area (Å²) in [5.41, 5.74) is 2.10. The van der Waals surface area contributed by atoms with E-state index in [1.807, 2.05) is 6.92 Å². The molecule has 2 aromatic rings. The topological polar surface area (TPSA) is 87.3 Å². The number of sulfonamides is 1. The molecule has 0 bridgehead atoms. The van der Waals surface area contributed by atoms with E-state index in [0.717, 1.165) is 18.4 Å². The normalized spacial score (nSPS) is 11.0. The summed E-state index contributed by atoms with van der Waals surface area (Å²) in [5, 5.41) is 5.72. The van der Waals surface area contributed by atoms with Gasteiger partial charge < -0.3 is 10.6 Å². The van der Waals surface area contributed by atoms with Gasteiger partial charge in [0, 0.05) is 17.8 Å². The van der Waals surface area contributed by atoms with Crippen molar-refractivity contribution in [2.24, 2.45) is 0 Å². The number of unbranched alkanes of at least 4 members (excludes halogenated alkanes) is 5. The summed E-state index contributed by atoms with van der Waals surface area (Å²) in [7, 11) is -3.76. The van der Waals surface area contributed by atoms with Gasteiger partial charge in [-0.25, -0.2) is 8.42 Å². The molecule has 0 aliphatic carbocycles. The molecule has 2 aromatic carbocycles. The maximum Gasteiger partial charge on any atom is 0.263 e. The van der Waals surface area contributed by atoms with E-state index >= 15 is 0 Å². The van der Waals surface area contributed by atoms with Gasteiger partial charge in [0.15, 0.2) is 5.11 Å². The highest BCUT2D eigenvalue weighted by atomic mass is 32.2. The smallest absolute Gasteiger partial charge is 0.263 e. The summed E-state index contributed by atoms with van der Waals surface area (Å²) in [5.74, 6) is -0.122. The van der Waals surface area contributed by atoms with E-state index in [2.05, 4.69) is 22.3 Å². The molecule has 31 heavy (non-hydrogen) atoms. The maximum atomic E-state index is 12.4. The number of benzene rings is 2. The van der Waals surface area contributed by atoms with Crippen LogP contribution in [0.15, 0.2) is 53.4 Å². The average Bonchev–Trinajstić information content (AvgIpc) is 2.73. The molecule has 0 fully saturated rings. The van der Waals surface area contributed by atoms with E-state index in [9.17, 15) is 13.2 Å². The van der Waals surface area contributed by atoms with E-state index < -0.39 is 10.0 Å². The van der Waals surface area contributed by atoms with Gasteiger partial charge in [-0.2, -0.15) is 0 Å². The number of aryl methyl sites for hydroxylation is 1. The van der Waals surface area contributed by atoms with Gasteiger partial charge in [-0.15, -0.1) is 0 Å². The van der Waals surface area contributed by atoms with Gasteiger partial charge in [-0.1, -0.05) is 56.7 Å². The molecule has 0 atom stereocenters. The number of hydrogen-bond acceptors (Lipinski definition) is 4. The minimum absolute atomic E-state index is 0.0409. The predicted octanol–water partition coefficient (Wildman–Crippen LogP) is 4.76. The van der Waals surface area contributed by atoms with Crippen molar-refractivity contribution in [1.82, 2.24) is 10.0 Å². The third-order valence-electron chi connectivity index (χ3n) is 4.78. The summed E-state index contributed by atoms with van der Waals surface area (Å²) >= 11 is 5.12.